The monoisotopic (exact) mass is 375 g/mol. The van der Waals surface area contributed by atoms with Crippen molar-refractivity contribution in [2.24, 2.45) is 11.0 Å². The third-order valence-corrected chi connectivity index (χ3v) is 6.16. The molecule has 27 heavy (non-hydrogen) atoms. The maximum absolute atomic E-state index is 13.1. The summed E-state index contributed by atoms with van der Waals surface area (Å²) in [4.78, 5) is 15.0. The van der Waals surface area contributed by atoms with Crippen LogP contribution in [-0.4, -0.2) is 47.7 Å². The normalized spacial score (nSPS) is 19.5. The lowest BCUT2D eigenvalue weighted by Gasteiger charge is -2.35. The summed E-state index contributed by atoms with van der Waals surface area (Å²) in [7, 11) is 1.95. The molecule has 4 nitrogen and oxygen atoms in total. The molecule has 0 N–H and O–H groups in total. The van der Waals surface area contributed by atoms with Crippen LogP contribution in [0.1, 0.15) is 91.4 Å². The van der Waals surface area contributed by atoms with Crippen molar-refractivity contribution in [3.63, 3.8) is 0 Å². The standard InChI is InChI=1S/C23H41N3O/c1-5-8-13-20-16-22(23(27)25(4)17-19(7-3)12-6-2)24-26(18-20)21-14-10-9-11-15-21/h16,19,21H,5-15,17-18H2,1-4H3. The smallest absolute Gasteiger partial charge is 0.274 e. The zero-order chi connectivity index (χ0) is 19.6. The number of hydrogen-bond acceptors (Lipinski definition) is 3. The molecule has 1 aliphatic carbocycles. The van der Waals surface area contributed by atoms with Gasteiger partial charge < -0.3 is 4.90 Å². The minimum atomic E-state index is 0.0964. The number of amides is 1. The van der Waals surface area contributed by atoms with Crippen molar-refractivity contribution in [3.8, 4) is 0 Å². The highest BCUT2D eigenvalue weighted by atomic mass is 16.2. The second-order valence-electron chi connectivity index (χ2n) is 8.53. The molecule has 1 fully saturated rings. The minimum absolute atomic E-state index is 0.0964. The zero-order valence-corrected chi connectivity index (χ0v) is 18.2. The van der Waals surface area contributed by atoms with E-state index in [1.807, 2.05) is 11.9 Å². The van der Waals surface area contributed by atoms with Gasteiger partial charge in [0.15, 0.2) is 0 Å². The first-order valence-corrected chi connectivity index (χ1v) is 11.4. The van der Waals surface area contributed by atoms with Crippen LogP contribution < -0.4 is 0 Å². The summed E-state index contributed by atoms with van der Waals surface area (Å²) in [6, 6.07) is 0.515. The first-order chi connectivity index (χ1) is 13.1. The van der Waals surface area contributed by atoms with E-state index < -0.39 is 0 Å². The summed E-state index contributed by atoms with van der Waals surface area (Å²) in [5, 5.41) is 7.09. The lowest BCUT2D eigenvalue weighted by molar-refractivity contribution is -0.123. The molecule has 1 aliphatic heterocycles. The third-order valence-electron chi connectivity index (χ3n) is 6.16. The largest absolute Gasteiger partial charge is 0.340 e. The highest BCUT2D eigenvalue weighted by molar-refractivity contribution is 6.43. The van der Waals surface area contributed by atoms with Crippen molar-refractivity contribution in [3.05, 3.63) is 11.6 Å². The fourth-order valence-electron chi connectivity index (χ4n) is 4.40. The Kier molecular flexibility index (Phi) is 9.36. The molecule has 1 unspecified atom stereocenters. The predicted octanol–water partition coefficient (Wildman–Crippen LogP) is 5.39. The quantitative estimate of drug-likeness (QED) is 0.513. The summed E-state index contributed by atoms with van der Waals surface area (Å²) < 4.78 is 0. The van der Waals surface area contributed by atoms with E-state index in [4.69, 9.17) is 5.10 Å². The lowest BCUT2D eigenvalue weighted by Crippen LogP contribution is -2.42. The number of hydrazone groups is 1. The van der Waals surface area contributed by atoms with Crippen molar-refractivity contribution in [1.82, 2.24) is 9.91 Å². The Hall–Kier alpha value is -1.32. The van der Waals surface area contributed by atoms with Crippen LogP contribution in [0.15, 0.2) is 16.8 Å². The van der Waals surface area contributed by atoms with E-state index in [9.17, 15) is 4.79 Å². The third kappa shape index (κ3) is 6.65. The molecule has 1 atom stereocenters. The van der Waals surface area contributed by atoms with Crippen LogP contribution in [-0.2, 0) is 4.79 Å². The molecule has 0 radical (unpaired) electrons. The van der Waals surface area contributed by atoms with Gasteiger partial charge in [0.05, 0.1) is 6.54 Å². The van der Waals surface area contributed by atoms with E-state index in [1.165, 1.54) is 63.4 Å². The number of carbonyl (C=O) groups is 1. The van der Waals surface area contributed by atoms with Gasteiger partial charge in [0.1, 0.15) is 5.71 Å². The fourth-order valence-corrected chi connectivity index (χ4v) is 4.40. The Morgan fingerprint density at radius 3 is 2.59 bits per heavy atom. The summed E-state index contributed by atoms with van der Waals surface area (Å²) in [5.41, 5.74) is 2.04. The van der Waals surface area contributed by atoms with E-state index in [1.54, 1.807) is 0 Å². The second-order valence-corrected chi connectivity index (χ2v) is 8.53. The SMILES string of the molecule is CCCCC1=CC(C(=O)N(C)CC(CC)CCC)=NN(C2CCCCC2)C1. The van der Waals surface area contributed by atoms with Crippen LogP contribution in [0.2, 0.25) is 0 Å². The molecule has 2 aliphatic rings. The molecular formula is C23H41N3O. The molecule has 1 saturated carbocycles. The number of nitrogens with zero attached hydrogens (tertiary/aromatic N) is 3. The van der Waals surface area contributed by atoms with Gasteiger partial charge in [0.25, 0.3) is 5.91 Å². The minimum Gasteiger partial charge on any atom is -0.340 e. The average Bonchev–Trinajstić information content (AvgIpc) is 2.71. The Morgan fingerprint density at radius 1 is 1.22 bits per heavy atom. The molecule has 0 spiro atoms. The molecule has 1 amide bonds. The maximum Gasteiger partial charge on any atom is 0.274 e. The molecule has 0 aromatic heterocycles. The Balaban J connectivity index is 2.11. The van der Waals surface area contributed by atoms with Crippen molar-refractivity contribution < 1.29 is 4.79 Å². The van der Waals surface area contributed by atoms with Crippen molar-refractivity contribution >= 4 is 11.6 Å². The second kappa shape index (κ2) is 11.5. The van der Waals surface area contributed by atoms with Gasteiger partial charge >= 0.3 is 0 Å². The van der Waals surface area contributed by atoms with Crippen LogP contribution in [0.25, 0.3) is 0 Å². The number of carbonyl (C=O) groups excluding carboxylic acids is 1. The average molecular weight is 376 g/mol. The Bertz CT molecular complexity index is 520. The fraction of sp³-hybridized carbons (Fsp3) is 0.826. The first kappa shape index (κ1) is 22.0. The van der Waals surface area contributed by atoms with Gasteiger partial charge in [-0.15, -0.1) is 0 Å². The molecule has 4 heteroatoms. The van der Waals surface area contributed by atoms with Gasteiger partial charge in [-0.1, -0.05) is 59.3 Å². The van der Waals surface area contributed by atoms with Gasteiger partial charge in [0, 0.05) is 19.6 Å². The molecule has 0 saturated heterocycles. The van der Waals surface area contributed by atoms with Gasteiger partial charge in [0.2, 0.25) is 0 Å². The molecule has 1 heterocycles. The van der Waals surface area contributed by atoms with Gasteiger partial charge in [-0.2, -0.15) is 5.10 Å². The highest BCUT2D eigenvalue weighted by Gasteiger charge is 2.27. The summed E-state index contributed by atoms with van der Waals surface area (Å²) in [6.45, 7) is 8.43. The van der Waals surface area contributed by atoms with Gasteiger partial charge in [-0.05, 0) is 49.7 Å². The van der Waals surface area contributed by atoms with Crippen molar-refractivity contribution in [2.45, 2.75) is 97.4 Å². The Labute approximate surface area is 167 Å². The molecule has 0 aromatic rings. The topological polar surface area (TPSA) is 35.9 Å². The van der Waals surface area contributed by atoms with Crippen LogP contribution in [0.5, 0.6) is 0 Å². The van der Waals surface area contributed by atoms with E-state index >= 15 is 0 Å². The molecule has 2 rings (SSSR count). The van der Waals surface area contributed by atoms with Gasteiger partial charge in [-0.3, -0.25) is 9.80 Å². The lowest BCUT2D eigenvalue weighted by atomic mass is 9.94. The van der Waals surface area contributed by atoms with Crippen LogP contribution in [0, 0.1) is 5.92 Å². The summed E-state index contributed by atoms with van der Waals surface area (Å²) >= 11 is 0. The van der Waals surface area contributed by atoms with Crippen LogP contribution in [0.3, 0.4) is 0 Å². The van der Waals surface area contributed by atoms with Crippen LogP contribution >= 0.6 is 0 Å². The molecule has 0 bridgehead atoms. The molecule has 154 valence electrons. The summed E-state index contributed by atoms with van der Waals surface area (Å²) in [6.07, 6.45) is 15.4. The van der Waals surface area contributed by atoms with Crippen LogP contribution in [0.4, 0.5) is 0 Å². The molecule has 0 aromatic carbocycles. The number of hydrogen-bond donors (Lipinski definition) is 0. The molecular weight excluding hydrogens is 334 g/mol. The van der Waals surface area contributed by atoms with E-state index in [0.29, 0.717) is 17.7 Å². The number of rotatable bonds is 10. The maximum atomic E-state index is 13.1. The number of unbranched alkanes of at least 4 members (excludes halogenated alkanes) is 1. The summed E-state index contributed by atoms with van der Waals surface area (Å²) in [5.74, 6) is 0.685. The predicted molar refractivity (Wildman–Crippen MR) is 115 cm³/mol. The van der Waals surface area contributed by atoms with Crippen molar-refractivity contribution in [2.75, 3.05) is 20.1 Å². The van der Waals surface area contributed by atoms with Gasteiger partial charge in [-0.25, -0.2) is 0 Å². The van der Waals surface area contributed by atoms with E-state index in [2.05, 4.69) is 31.9 Å². The van der Waals surface area contributed by atoms with E-state index in [-0.39, 0.29) is 5.91 Å². The zero-order valence-electron chi connectivity index (χ0n) is 18.2. The van der Waals surface area contributed by atoms with Crippen molar-refractivity contribution in [1.29, 1.82) is 0 Å². The first-order valence-electron chi connectivity index (χ1n) is 11.4. The highest BCUT2D eigenvalue weighted by Crippen LogP contribution is 2.26. The Morgan fingerprint density at radius 2 is 1.96 bits per heavy atom. The van der Waals surface area contributed by atoms with E-state index in [0.717, 1.165) is 25.9 Å².